The molecular formula is C29H23ClFN7O2. The van der Waals surface area contributed by atoms with Crippen LogP contribution in [0.1, 0.15) is 35.6 Å². The van der Waals surface area contributed by atoms with E-state index in [1.165, 1.54) is 29.2 Å². The molecule has 0 aliphatic rings. The number of anilines is 2. The zero-order chi connectivity index (χ0) is 28.4. The maximum absolute atomic E-state index is 14.1. The van der Waals surface area contributed by atoms with Crippen molar-refractivity contribution in [2.24, 2.45) is 0 Å². The van der Waals surface area contributed by atoms with Crippen LogP contribution in [0.2, 0.25) is 5.02 Å². The van der Waals surface area contributed by atoms with Crippen LogP contribution in [0.15, 0.2) is 65.8 Å². The summed E-state index contributed by atoms with van der Waals surface area (Å²) in [7, 11) is 1.56. The van der Waals surface area contributed by atoms with E-state index in [-0.39, 0.29) is 33.8 Å². The highest BCUT2D eigenvalue weighted by molar-refractivity contribution is 6.35. The maximum Gasteiger partial charge on any atom is 0.267 e. The van der Waals surface area contributed by atoms with Crippen molar-refractivity contribution in [2.75, 3.05) is 18.2 Å². The minimum atomic E-state index is -0.594. The average molecular weight is 556 g/mol. The number of nitrogen functional groups attached to an aromatic ring is 1. The summed E-state index contributed by atoms with van der Waals surface area (Å²) >= 11 is 6.44. The largest absolute Gasteiger partial charge is 0.496 e. The Morgan fingerprint density at radius 1 is 1.10 bits per heavy atom. The summed E-state index contributed by atoms with van der Waals surface area (Å²) in [6.07, 6.45) is 2.72. The van der Waals surface area contributed by atoms with Crippen molar-refractivity contribution in [1.82, 2.24) is 24.5 Å². The molecule has 0 aliphatic heterocycles. The molecule has 5 aromatic rings. The number of ether oxygens (including phenoxy) is 1. The highest BCUT2D eigenvalue weighted by Crippen LogP contribution is 2.29. The van der Waals surface area contributed by atoms with Gasteiger partial charge in [0, 0.05) is 11.8 Å². The molecule has 3 heterocycles. The average Bonchev–Trinajstić information content (AvgIpc) is 2.94. The second-order valence-corrected chi connectivity index (χ2v) is 9.19. The number of nitrogens with zero attached hydrogens (tertiary/aromatic N) is 5. The van der Waals surface area contributed by atoms with Gasteiger partial charge >= 0.3 is 0 Å². The van der Waals surface area contributed by atoms with E-state index in [4.69, 9.17) is 27.1 Å². The second-order valence-electron chi connectivity index (χ2n) is 8.78. The number of nitrogens with two attached hydrogens (primary N) is 1. The Kier molecular flexibility index (Phi) is 7.31. The van der Waals surface area contributed by atoms with Gasteiger partial charge in [-0.1, -0.05) is 29.7 Å². The normalized spacial score (nSPS) is 11.5. The monoisotopic (exact) mass is 555 g/mol. The first-order valence-electron chi connectivity index (χ1n) is 12.1. The number of methoxy groups -OCH3 is 1. The Hall–Kier alpha value is -5.01. The highest BCUT2D eigenvalue weighted by Gasteiger charge is 2.22. The van der Waals surface area contributed by atoms with Gasteiger partial charge in [0.1, 0.15) is 40.8 Å². The molecule has 0 saturated carbocycles. The molecule has 40 heavy (non-hydrogen) atoms. The SMILES string of the molecule is COc1cccc(-n2c(C(C)Nc3ncnc(N)c3C#Cc3ncccc3F)nc3cccc(Cl)c3c2=O)c1C. The fourth-order valence-corrected chi connectivity index (χ4v) is 4.55. The zero-order valence-corrected chi connectivity index (χ0v) is 22.5. The first-order chi connectivity index (χ1) is 19.3. The molecule has 0 radical (unpaired) electrons. The molecule has 0 spiro atoms. The van der Waals surface area contributed by atoms with Crippen LogP contribution in [0.3, 0.4) is 0 Å². The molecule has 0 fully saturated rings. The third kappa shape index (κ3) is 4.90. The van der Waals surface area contributed by atoms with Crippen LogP contribution in [0.5, 0.6) is 5.75 Å². The van der Waals surface area contributed by atoms with E-state index >= 15 is 0 Å². The van der Waals surface area contributed by atoms with Crippen LogP contribution in [-0.2, 0) is 0 Å². The van der Waals surface area contributed by atoms with Gasteiger partial charge in [-0.2, -0.15) is 0 Å². The number of hydrogen-bond acceptors (Lipinski definition) is 8. The molecule has 3 aromatic heterocycles. The lowest BCUT2D eigenvalue weighted by Gasteiger charge is -2.22. The van der Waals surface area contributed by atoms with Crippen molar-refractivity contribution in [1.29, 1.82) is 0 Å². The summed E-state index contributed by atoms with van der Waals surface area (Å²) in [5.41, 5.74) is 7.73. The topological polar surface area (TPSA) is 121 Å². The van der Waals surface area contributed by atoms with Crippen molar-refractivity contribution in [2.45, 2.75) is 19.9 Å². The van der Waals surface area contributed by atoms with E-state index in [1.54, 1.807) is 37.4 Å². The van der Waals surface area contributed by atoms with Crippen LogP contribution < -0.4 is 21.3 Å². The van der Waals surface area contributed by atoms with Gasteiger partial charge in [0.15, 0.2) is 5.82 Å². The molecule has 3 N–H and O–H groups in total. The number of halogens is 2. The van der Waals surface area contributed by atoms with Crippen LogP contribution in [0.25, 0.3) is 16.6 Å². The fourth-order valence-electron chi connectivity index (χ4n) is 4.30. The molecule has 1 unspecified atom stereocenters. The third-order valence-corrected chi connectivity index (χ3v) is 6.59. The fraction of sp³-hybridized carbons (Fsp3) is 0.138. The van der Waals surface area contributed by atoms with Gasteiger partial charge in [-0.15, -0.1) is 0 Å². The maximum atomic E-state index is 14.1. The number of fused-ring (bicyclic) bond motifs is 1. The minimum Gasteiger partial charge on any atom is -0.496 e. The quantitative estimate of drug-likeness (QED) is 0.296. The molecule has 1 atom stereocenters. The summed E-state index contributed by atoms with van der Waals surface area (Å²) in [5, 5.41) is 3.83. The number of aromatic nitrogens is 5. The van der Waals surface area contributed by atoms with Crippen molar-refractivity contribution in [3.05, 3.63) is 105 Å². The highest BCUT2D eigenvalue weighted by atomic mass is 35.5. The molecule has 2 aromatic carbocycles. The van der Waals surface area contributed by atoms with Crippen LogP contribution >= 0.6 is 11.6 Å². The number of pyridine rings is 1. The predicted octanol–water partition coefficient (Wildman–Crippen LogP) is 4.84. The van der Waals surface area contributed by atoms with Crippen molar-refractivity contribution in [3.63, 3.8) is 0 Å². The number of benzene rings is 2. The van der Waals surface area contributed by atoms with Gasteiger partial charge in [0.2, 0.25) is 0 Å². The summed E-state index contributed by atoms with van der Waals surface area (Å²) in [6.45, 7) is 3.67. The van der Waals surface area contributed by atoms with Gasteiger partial charge in [-0.3, -0.25) is 9.36 Å². The van der Waals surface area contributed by atoms with Gasteiger partial charge < -0.3 is 15.8 Å². The number of nitrogens with one attached hydrogen (secondary N) is 1. The molecule has 0 aliphatic carbocycles. The van der Waals surface area contributed by atoms with E-state index in [1.807, 2.05) is 19.9 Å². The van der Waals surface area contributed by atoms with E-state index < -0.39 is 11.9 Å². The lowest BCUT2D eigenvalue weighted by atomic mass is 10.1. The van der Waals surface area contributed by atoms with Crippen molar-refractivity contribution >= 4 is 34.1 Å². The van der Waals surface area contributed by atoms with E-state index in [0.717, 1.165) is 5.56 Å². The Morgan fingerprint density at radius 3 is 2.67 bits per heavy atom. The van der Waals surface area contributed by atoms with Gasteiger partial charge in [0.25, 0.3) is 5.56 Å². The minimum absolute atomic E-state index is 0.0415. The van der Waals surface area contributed by atoms with Crippen LogP contribution in [0.4, 0.5) is 16.0 Å². The van der Waals surface area contributed by atoms with Crippen LogP contribution in [-0.4, -0.2) is 31.6 Å². The summed E-state index contributed by atoms with van der Waals surface area (Å²) in [4.78, 5) is 31.1. The van der Waals surface area contributed by atoms with Crippen molar-refractivity contribution < 1.29 is 9.13 Å². The second kappa shape index (κ2) is 11.0. The molecule has 0 amide bonds. The molecular weight excluding hydrogens is 533 g/mol. The number of hydrogen-bond donors (Lipinski definition) is 2. The van der Waals surface area contributed by atoms with Gasteiger partial charge in [-0.05, 0) is 56.2 Å². The van der Waals surface area contributed by atoms with Crippen molar-refractivity contribution in [3.8, 4) is 23.3 Å². The third-order valence-electron chi connectivity index (χ3n) is 6.27. The summed E-state index contributed by atoms with van der Waals surface area (Å²) < 4.78 is 21.1. The first kappa shape index (κ1) is 26.6. The lowest BCUT2D eigenvalue weighted by molar-refractivity contribution is 0.411. The van der Waals surface area contributed by atoms with Gasteiger partial charge in [-0.25, -0.2) is 24.3 Å². The Labute approximate surface area is 233 Å². The van der Waals surface area contributed by atoms with E-state index in [2.05, 4.69) is 32.1 Å². The van der Waals surface area contributed by atoms with E-state index in [0.29, 0.717) is 27.8 Å². The molecule has 5 rings (SSSR count). The van der Waals surface area contributed by atoms with Gasteiger partial charge in [0.05, 0.1) is 34.8 Å². The Balaban J connectivity index is 1.67. The zero-order valence-electron chi connectivity index (χ0n) is 21.7. The molecule has 200 valence electrons. The Bertz CT molecular complexity index is 1880. The first-order valence-corrected chi connectivity index (χ1v) is 12.5. The summed E-state index contributed by atoms with van der Waals surface area (Å²) in [5.74, 6) is 6.30. The summed E-state index contributed by atoms with van der Waals surface area (Å²) in [6, 6.07) is 12.7. The van der Waals surface area contributed by atoms with E-state index in [9.17, 15) is 9.18 Å². The van der Waals surface area contributed by atoms with Crippen LogP contribution in [0, 0.1) is 24.6 Å². The molecule has 9 nitrogen and oxygen atoms in total. The molecule has 11 heteroatoms. The molecule has 0 saturated heterocycles. The predicted molar refractivity (Wildman–Crippen MR) is 152 cm³/mol. The Morgan fingerprint density at radius 2 is 1.90 bits per heavy atom. The lowest BCUT2D eigenvalue weighted by Crippen LogP contribution is -2.28. The molecule has 0 bridgehead atoms. The smallest absolute Gasteiger partial charge is 0.267 e. The standard InChI is InChI=1S/C29H23ClFN7O2/c1-16-23(10-5-11-24(16)40-3)38-28(37-22-9-4-7-19(30)25(22)29(38)39)17(2)36-27-18(26(32)34-15-35-27)12-13-21-20(31)8-6-14-33-21/h4-11,14-15,17H,1-3H3,(H3,32,34,35,36). The number of rotatable bonds is 5.